The third-order valence-corrected chi connectivity index (χ3v) is 6.24. The monoisotopic (exact) mass is 495 g/mol. The molecule has 0 radical (unpaired) electrons. The molecule has 0 fully saturated rings. The van der Waals surface area contributed by atoms with Crippen molar-refractivity contribution >= 4 is 10.4 Å². The topological polar surface area (TPSA) is 86.7 Å². The van der Waals surface area contributed by atoms with Crippen molar-refractivity contribution in [3.63, 3.8) is 0 Å². The van der Waals surface area contributed by atoms with Gasteiger partial charge >= 0.3 is 10.4 Å². The molecule has 0 aliphatic heterocycles. The van der Waals surface area contributed by atoms with E-state index in [-0.39, 0.29) is 11.3 Å². The largest absolute Gasteiger partial charge is 0.633 e. The van der Waals surface area contributed by atoms with Crippen LogP contribution in [0.3, 0.4) is 0 Å². The van der Waals surface area contributed by atoms with Gasteiger partial charge in [-0.15, -0.1) is 0 Å². The first-order chi connectivity index (χ1) is 15.6. The Kier molecular flexibility index (Phi) is 26.4. The minimum atomic E-state index is -4.23. The molecule has 0 amide bonds. The standard InChI is InChI=1S/C14H31NO.C12H26O4S/c1-4-5-6-7-8-9-10-11-12-13-14-15(2,3)16;1-2-3-4-5-6-7-8-9-10-11-12-16-17(13,14)15/h4-14H2,1-3H3;2-12H2,1H3,(H,13,14,15). The highest BCUT2D eigenvalue weighted by molar-refractivity contribution is 7.80. The number of unbranched alkanes of at least 4 members (excludes halogenated alkanes) is 18. The van der Waals surface area contributed by atoms with Gasteiger partial charge in [0.1, 0.15) is 0 Å². The van der Waals surface area contributed by atoms with E-state index in [0.29, 0.717) is 6.42 Å². The van der Waals surface area contributed by atoms with E-state index in [1.807, 2.05) is 0 Å². The second-order valence-electron chi connectivity index (χ2n) is 9.91. The van der Waals surface area contributed by atoms with Crippen molar-refractivity contribution in [2.75, 3.05) is 27.2 Å². The van der Waals surface area contributed by atoms with Crippen molar-refractivity contribution in [2.45, 2.75) is 142 Å². The van der Waals surface area contributed by atoms with Gasteiger partial charge in [0.25, 0.3) is 0 Å². The fraction of sp³-hybridized carbons (Fsp3) is 1.00. The van der Waals surface area contributed by atoms with Gasteiger partial charge in [0, 0.05) is 0 Å². The molecule has 0 aliphatic carbocycles. The molecule has 0 unspecified atom stereocenters. The zero-order valence-electron chi connectivity index (χ0n) is 22.5. The molecule has 0 spiro atoms. The van der Waals surface area contributed by atoms with Crippen LogP contribution >= 0.6 is 0 Å². The van der Waals surface area contributed by atoms with Crippen molar-refractivity contribution < 1.29 is 21.8 Å². The van der Waals surface area contributed by atoms with Crippen LogP contribution in [0.4, 0.5) is 0 Å². The van der Waals surface area contributed by atoms with Gasteiger partial charge in [-0.05, 0) is 19.3 Å². The Labute approximate surface area is 207 Å². The van der Waals surface area contributed by atoms with E-state index in [1.165, 1.54) is 103 Å². The molecule has 0 rings (SSSR count). The first-order valence-corrected chi connectivity index (χ1v) is 15.1. The number of rotatable bonds is 23. The van der Waals surface area contributed by atoms with Crippen LogP contribution in [0.2, 0.25) is 0 Å². The molecule has 0 saturated heterocycles. The molecule has 0 atom stereocenters. The van der Waals surface area contributed by atoms with Crippen LogP contribution in [0, 0.1) is 5.21 Å². The fourth-order valence-electron chi connectivity index (χ4n) is 3.73. The molecular formula is C26H57NO5S. The predicted octanol–water partition coefficient (Wildman–Crippen LogP) is 8.21. The van der Waals surface area contributed by atoms with Crippen molar-refractivity contribution in [3.8, 4) is 0 Å². The molecule has 0 aromatic heterocycles. The summed E-state index contributed by atoms with van der Waals surface area (Å²) in [5.41, 5.74) is 0. The Bertz CT molecular complexity index is 478. The Morgan fingerprint density at radius 2 is 0.909 bits per heavy atom. The van der Waals surface area contributed by atoms with E-state index >= 15 is 0 Å². The maximum Gasteiger partial charge on any atom is 0.397 e. The van der Waals surface area contributed by atoms with Crippen LogP contribution in [-0.4, -0.2) is 44.9 Å². The summed E-state index contributed by atoms with van der Waals surface area (Å²) in [7, 11) is -0.775. The average Bonchev–Trinajstić information content (AvgIpc) is 2.72. The number of hydrogen-bond donors (Lipinski definition) is 1. The summed E-state index contributed by atoms with van der Waals surface area (Å²) >= 11 is 0. The predicted molar refractivity (Wildman–Crippen MR) is 142 cm³/mol. The first kappa shape index (κ1) is 35.0. The fourth-order valence-corrected chi connectivity index (χ4v) is 4.06. The number of hydrogen-bond acceptors (Lipinski definition) is 4. The van der Waals surface area contributed by atoms with Gasteiger partial charge < -0.3 is 9.85 Å². The van der Waals surface area contributed by atoms with Crippen molar-refractivity contribution in [2.24, 2.45) is 0 Å². The second-order valence-corrected chi connectivity index (χ2v) is 11.0. The van der Waals surface area contributed by atoms with Crippen LogP contribution in [0.5, 0.6) is 0 Å². The van der Waals surface area contributed by atoms with E-state index in [2.05, 4.69) is 18.0 Å². The van der Waals surface area contributed by atoms with Crippen molar-refractivity contribution in [3.05, 3.63) is 5.21 Å². The smallest absolute Gasteiger partial charge is 0.397 e. The molecule has 0 saturated carbocycles. The third kappa shape index (κ3) is 39.3. The lowest BCUT2D eigenvalue weighted by Gasteiger charge is -2.33. The average molecular weight is 496 g/mol. The summed E-state index contributed by atoms with van der Waals surface area (Å²) in [6.45, 7) is 5.34. The van der Waals surface area contributed by atoms with Gasteiger partial charge in [-0.1, -0.05) is 123 Å². The van der Waals surface area contributed by atoms with E-state index in [9.17, 15) is 13.6 Å². The number of hydroxylamine groups is 3. The highest BCUT2D eigenvalue weighted by atomic mass is 32.3. The lowest BCUT2D eigenvalue weighted by Crippen LogP contribution is -2.32. The molecule has 1 N–H and O–H groups in total. The molecule has 6 nitrogen and oxygen atoms in total. The van der Waals surface area contributed by atoms with Crippen LogP contribution in [0.25, 0.3) is 0 Å². The maximum absolute atomic E-state index is 11.3. The maximum atomic E-state index is 11.3. The Morgan fingerprint density at radius 1 is 0.606 bits per heavy atom. The summed E-state index contributed by atoms with van der Waals surface area (Å²) in [6, 6.07) is 0. The second kappa shape index (κ2) is 24.9. The molecule has 7 heteroatoms. The summed E-state index contributed by atoms with van der Waals surface area (Å²) in [6.07, 6.45) is 25.2. The summed E-state index contributed by atoms with van der Waals surface area (Å²) in [4.78, 5) is 0. The molecule has 0 aromatic carbocycles. The molecule has 0 heterocycles. The molecule has 202 valence electrons. The van der Waals surface area contributed by atoms with E-state index < -0.39 is 10.4 Å². The minimum absolute atomic E-state index is 0.0926. The molecule has 0 bridgehead atoms. The Hall–Kier alpha value is -0.210. The molecule has 33 heavy (non-hydrogen) atoms. The SMILES string of the molecule is CCCCCCCCCCCCOS(=O)(=O)O.CCCCCCCCCCCC[N+](C)(C)[O-]. The highest BCUT2D eigenvalue weighted by Crippen LogP contribution is 2.12. The molecular weight excluding hydrogens is 438 g/mol. The zero-order valence-corrected chi connectivity index (χ0v) is 23.3. The van der Waals surface area contributed by atoms with Gasteiger partial charge in [0.15, 0.2) is 0 Å². The zero-order chi connectivity index (χ0) is 25.3. The summed E-state index contributed by atoms with van der Waals surface area (Å²) in [5, 5.41) is 11.3. The van der Waals surface area contributed by atoms with Gasteiger partial charge in [-0.2, -0.15) is 8.42 Å². The first-order valence-electron chi connectivity index (χ1n) is 13.8. The molecule has 0 aliphatic rings. The third-order valence-electron chi connectivity index (χ3n) is 5.78. The summed E-state index contributed by atoms with van der Waals surface area (Å²) < 4.78 is 32.9. The van der Waals surface area contributed by atoms with Crippen molar-refractivity contribution in [1.29, 1.82) is 0 Å². The van der Waals surface area contributed by atoms with Gasteiger partial charge in [0.2, 0.25) is 0 Å². The highest BCUT2D eigenvalue weighted by Gasteiger charge is 2.02. The van der Waals surface area contributed by atoms with Gasteiger partial charge in [-0.25, -0.2) is 4.18 Å². The van der Waals surface area contributed by atoms with Gasteiger partial charge in [-0.3, -0.25) is 4.55 Å². The lowest BCUT2D eigenvalue weighted by molar-refractivity contribution is -0.840. The summed E-state index contributed by atoms with van der Waals surface area (Å²) in [5.74, 6) is 0. The lowest BCUT2D eigenvalue weighted by atomic mass is 10.1. The van der Waals surface area contributed by atoms with Crippen LogP contribution in [-0.2, 0) is 14.6 Å². The van der Waals surface area contributed by atoms with Gasteiger partial charge in [0.05, 0.1) is 27.2 Å². The molecule has 0 aromatic rings. The van der Waals surface area contributed by atoms with Crippen LogP contribution < -0.4 is 0 Å². The Balaban J connectivity index is 0. The van der Waals surface area contributed by atoms with E-state index in [0.717, 1.165) is 25.8 Å². The Morgan fingerprint density at radius 3 is 1.21 bits per heavy atom. The van der Waals surface area contributed by atoms with E-state index in [4.69, 9.17) is 4.55 Å². The minimum Gasteiger partial charge on any atom is -0.633 e. The van der Waals surface area contributed by atoms with E-state index in [1.54, 1.807) is 14.1 Å². The quantitative estimate of drug-likeness (QED) is 0.0668. The van der Waals surface area contributed by atoms with Crippen molar-refractivity contribution in [1.82, 2.24) is 0 Å². The van der Waals surface area contributed by atoms with Crippen LogP contribution in [0.1, 0.15) is 142 Å². The van der Waals surface area contributed by atoms with Crippen LogP contribution in [0.15, 0.2) is 0 Å². The number of nitrogens with zero attached hydrogens (tertiary/aromatic N) is 1. The number of quaternary nitrogens is 1. The normalized spacial score (nSPS) is 11.9.